The van der Waals surface area contributed by atoms with Gasteiger partial charge in [-0.15, -0.1) is 0 Å². The first-order valence-corrected chi connectivity index (χ1v) is 9.16. The number of hydrazine groups is 1. The van der Waals surface area contributed by atoms with Gasteiger partial charge in [0.25, 0.3) is 11.7 Å². The van der Waals surface area contributed by atoms with Crippen LogP contribution in [0, 0.1) is 13.8 Å². The summed E-state index contributed by atoms with van der Waals surface area (Å²) in [7, 11) is 0. The first kappa shape index (κ1) is 18.7. The summed E-state index contributed by atoms with van der Waals surface area (Å²) in [6, 6.07) is 7.10. The van der Waals surface area contributed by atoms with Crippen LogP contribution < -0.4 is 20.3 Å². The predicted molar refractivity (Wildman–Crippen MR) is 101 cm³/mol. The van der Waals surface area contributed by atoms with Gasteiger partial charge in [-0.3, -0.25) is 20.4 Å². The summed E-state index contributed by atoms with van der Waals surface area (Å²) < 4.78 is 12.8. The molecule has 1 aliphatic heterocycles. The number of benzene rings is 1. The number of aryl methyl sites for hydroxylation is 2. The Hall–Kier alpha value is -3.69. The van der Waals surface area contributed by atoms with Crippen LogP contribution in [0.5, 0.6) is 11.5 Å². The van der Waals surface area contributed by atoms with Gasteiger partial charge >= 0.3 is 0 Å². The van der Waals surface area contributed by atoms with Crippen molar-refractivity contribution in [2.45, 2.75) is 32.8 Å². The fourth-order valence-corrected chi connectivity index (χ4v) is 3.18. The average molecular weight is 396 g/mol. The van der Waals surface area contributed by atoms with Crippen LogP contribution in [0.4, 0.5) is 0 Å². The normalized spacial score (nSPS) is 15.2. The maximum atomic E-state index is 12.3. The van der Waals surface area contributed by atoms with Gasteiger partial charge in [-0.05, 0) is 38.0 Å². The van der Waals surface area contributed by atoms with Crippen molar-refractivity contribution in [2.75, 3.05) is 6.61 Å². The predicted octanol–water partition coefficient (Wildman–Crippen LogP) is 0.661. The smallest absolute Gasteiger partial charge is 0.283 e. The van der Waals surface area contributed by atoms with E-state index in [2.05, 4.69) is 25.9 Å². The number of carbonyl (C=O) groups excluding carboxylic acids is 2. The van der Waals surface area contributed by atoms with E-state index in [-0.39, 0.29) is 18.9 Å². The lowest BCUT2D eigenvalue weighted by molar-refractivity contribution is -0.135. The number of para-hydroxylation sites is 2. The Kier molecular flexibility index (Phi) is 4.98. The fourth-order valence-electron chi connectivity index (χ4n) is 3.18. The minimum absolute atomic E-state index is 0.0701. The number of ether oxygens (including phenoxy) is 2. The maximum absolute atomic E-state index is 12.3. The zero-order valence-electron chi connectivity index (χ0n) is 16.0. The van der Waals surface area contributed by atoms with Gasteiger partial charge in [0.2, 0.25) is 12.0 Å². The Bertz CT molecular complexity index is 1080. The Morgan fingerprint density at radius 3 is 2.83 bits per heavy atom. The molecule has 0 aliphatic carbocycles. The van der Waals surface area contributed by atoms with E-state index in [1.807, 2.05) is 19.9 Å². The summed E-state index contributed by atoms with van der Waals surface area (Å²) in [5.41, 5.74) is 7.40. The van der Waals surface area contributed by atoms with Gasteiger partial charge in [-0.1, -0.05) is 12.1 Å². The molecule has 0 saturated heterocycles. The molecule has 2 aromatic heterocycles. The molecule has 150 valence electrons. The van der Waals surface area contributed by atoms with Crippen LogP contribution in [-0.4, -0.2) is 44.1 Å². The Labute approximate surface area is 166 Å². The van der Waals surface area contributed by atoms with Crippen molar-refractivity contribution in [1.82, 2.24) is 30.4 Å². The average Bonchev–Trinajstić information content (AvgIpc) is 3.20. The molecule has 1 aliphatic rings. The zero-order chi connectivity index (χ0) is 20.4. The van der Waals surface area contributed by atoms with Gasteiger partial charge in [0.05, 0.1) is 0 Å². The minimum Gasteiger partial charge on any atom is -0.485 e. The molecule has 1 atom stereocenters. The van der Waals surface area contributed by atoms with Crippen molar-refractivity contribution in [3.8, 4) is 11.5 Å². The van der Waals surface area contributed by atoms with Crippen molar-refractivity contribution in [3.05, 3.63) is 47.5 Å². The van der Waals surface area contributed by atoms with Gasteiger partial charge in [-0.2, -0.15) is 10.1 Å². The van der Waals surface area contributed by atoms with Crippen molar-refractivity contribution in [2.24, 2.45) is 0 Å². The lowest BCUT2D eigenvalue weighted by Crippen LogP contribution is -2.50. The number of carbonyl (C=O) groups is 2. The molecule has 29 heavy (non-hydrogen) atoms. The molecule has 0 spiro atoms. The molecule has 0 saturated carbocycles. The van der Waals surface area contributed by atoms with E-state index < -0.39 is 12.0 Å². The third kappa shape index (κ3) is 3.82. The Balaban J connectivity index is 1.30. The quantitative estimate of drug-likeness (QED) is 0.622. The van der Waals surface area contributed by atoms with Crippen molar-refractivity contribution in [1.29, 1.82) is 0 Å². The molecule has 2 amide bonds. The van der Waals surface area contributed by atoms with Crippen LogP contribution in [-0.2, 0) is 16.0 Å². The number of hydrogen-bond donors (Lipinski definition) is 2. The lowest BCUT2D eigenvalue weighted by Gasteiger charge is -2.25. The van der Waals surface area contributed by atoms with Crippen LogP contribution in [0.15, 0.2) is 30.6 Å². The SMILES string of the molecule is Cc1nc2ncnn2c(C)c1CCC(=O)NNC(=O)C1COc2ccccc2O1. The van der Waals surface area contributed by atoms with Crippen molar-refractivity contribution < 1.29 is 19.1 Å². The molecule has 3 heterocycles. The first-order valence-electron chi connectivity index (χ1n) is 9.16. The summed E-state index contributed by atoms with van der Waals surface area (Å²) >= 11 is 0. The molecule has 10 heteroatoms. The molecule has 10 nitrogen and oxygen atoms in total. The highest BCUT2D eigenvalue weighted by Crippen LogP contribution is 2.30. The molecule has 1 aromatic carbocycles. The highest BCUT2D eigenvalue weighted by Gasteiger charge is 2.27. The van der Waals surface area contributed by atoms with E-state index in [0.29, 0.717) is 23.7 Å². The number of amides is 2. The van der Waals surface area contributed by atoms with Crippen LogP contribution in [0.2, 0.25) is 0 Å². The van der Waals surface area contributed by atoms with Crippen molar-refractivity contribution >= 4 is 17.6 Å². The van der Waals surface area contributed by atoms with E-state index >= 15 is 0 Å². The third-order valence-electron chi connectivity index (χ3n) is 4.72. The number of fused-ring (bicyclic) bond motifs is 2. The Morgan fingerprint density at radius 1 is 1.21 bits per heavy atom. The number of nitrogens with one attached hydrogen (secondary N) is 2. The molecule has 4 rings (SSSR count). The minimum atomic E-state index is -0.839. The highest BCUT2D eigenvalue weighted by molar-refractivity contribution is 5.85. The molecule has 1 unspecified atom stereocenters. The van der Waals surface area contributed by atoms with E-state index in [1.165, 1.54) is 6.33 Å². The van der Waals surface area contributed by atoms with Crippen LogP contribution in [0.3, 0.4) is 0 Å². The highest BCUT2D eigenvalue weighted by atomic mass is 16.6. The monoisotopic (exact) mass is 396 g/mol. The molecule has 0 fully saturated rings. The second kappa shape index (κ2) is 7.74. The van der Waals surface area contributed by atoms with E-state index in [4.69, 9.17) is 9.47 Å². The third-order valence-corrected chi connectivity index (χ3v) is 4.72. The van der Waals surface area contributed by atoms with Gasteiger partial charge in [0.1, 0.15) is 12.9 Å². The lowest BCUT2D eigenvalue weighted by atomic mass is 10.1. The standard InChI is InChI=1S/C19H20N6O4/c1-11-13(12(2)25-19(22-11)20-10-21-25)7-8-17(26)23-24-18(27)16-9-28-14-5-3-4-6-15(14)29-16/h3-6,10,16H,7-9H2,1-2H3,(H,23,26)(H,24,27). The van der Waals surface area contributed by atoms with Crippen LogP contribution in [0.25, 0.3) is 5.78 Å². The van der Waals surface area contributed by atoms with Crippen LogP contribution in [0.1, 0.15) is 23.4 Å². The molecule has 0 radical (unpaired) electrons. The van der Waals surface area contributed by atoms with Crippen molar-refractivity contribution in [3.63, 3.8) is 0 Å². The second-order valence-corrected chi connectivity index (χ2v) is 6.63. The Morgan fingerprint density at radius 2 is 2.00 bits per heavy atom. The zero-order valence-corrected chi connectivity index (χ0v) is 16.0. The maximum Gasteiger partial charge on any atom is 0.283 e. The largest absolute Gasteiger partial charge is 0.485 e. The topological polar surface area (TPSA) is 120 Å². The van der Waals surface area contributed by atoms with E-state index in [9.17, 15) is 9.59 Å². The summed E-state index contributed by atoms with van der Waals surface area (Å²) in [5, 5.41) is 4.13. The first-order chi connectivity index (χ1) is 14.0. The summed E-state index contributed by atoms with van der Waals surface area (Å²) in [6.07, 6.45) is 1.23. The van der Waals surface area contributed by atoms with E-state index in [0.717, 1.165) is 17.0 Å². The van der Waals surface area contributed by atoms with Gasteiger partial charge in [0, 0.05) is 17.8 Å². The fraction of sp³-hybridized carbons (Fsp3) is 0.316. The molecule has 2 N–H and O–H groups in total. The van der Waals surface area contributed by atoms with Gasteiger partial charge in [-0.25, -0.2) is 9.50 Å². The molecule has 0 bridgehead atoms. The molecule has 3 aromatic rings. The number of rotatable bonds is 4. The number of nitrogens with zero attached hydrogens (tertiary/aromatic N) is 4. The van der Waals surface area contributed by atoms with Crippen LogP contribution >= 0.6 is 0 Å². The summed E-state index contributed by atoms with van der Waals surface area (Å²) in [6.45, 7) is 3.85. The van der Waals surface area contributed by atoms with E-state index in [1.54, 1.807) is 22.7 Å². The summed E-state index contributed by atoms with van der Waals surface area (Å²) in [4.78, 5) is 32.9. The van der Waals surface area contributed by atoms with Gasteiger partial charge < -0.3 is 9.47 Å². The van der Waals surface area contributed by atoms with Gasteiger partial charge in [0.15, 0.2) is 11.5 Å². The molecular weight excluding hydrogens is 376 g/mol. The summed E-state index contributed by atoms with van der Waals surface area (Å²) in [5.74, 6) is 0.798. The number of hydrogen-bond acceptors (Lipinski definition) is 7. The molecular formula is C19H20N6O4. The second-order valence-electron chi connectivity index (χ2n) is 6.63. The number of aromatic nitrogens is 4.